The van der Waals surface area contributed by atoms with Gasteiger partial charge in [0.15, 0.2) is 11.2 Å². The minimum absolute atomic E-state index is 0.0261. The summed E-state index contributed by atoms with van der Waals surface area (Å²) in [5, 5.41) is 0.753. The molecule has 0 saturated carbocycles. The van der Waals surface area contributed by atoms with Crippen molar-refractivity contribution in [1.82, 2.24) is 4.98 Å². The molecule has 1 atom stereocenters. The average Bonchev–Trinajstić information content (AvgIpc) is 3.33. The average molecular weight is 560 g/mol. The first-order chi connectivity index (χ1) is 16.8. The van der Waals surface area contributed by atoms with E-state index in [-0.39, 0.29) is 40.8 Å². The highest BCUT2D eigenvalue weighted by Crippen LogP contribution is 2.28. The van der Waals surface area contributed by atoms with E-state index in [9.17, 15) is 18.8 Å². The summed E-state index contributed by atoms with van der Waals surface area (Å²) in [5.41, 5.74) is -0.520. The van der Waals surface area contributed by atoms with Gasteiger partial charge in [0.25, 0.3) is 0 Å². The Labute approximate surface area is 214 Å². The number of H-pyrrole nitrogens is 1. The quantitative estimate of drug-likeness (QED) is 0.173. The van der Waals surface area contributed by atoms with Gasteiger partial charge in [0, 0.05) is 29.2 Å². The smallest absolute Gasteiger partial charge is 0.316 e. The molecule has 0 aliphatic carbocycles. The minimum atomic E-state index is -1.27. The number of aromatic amines is 1. The van der Waals surface area contributed by atoms with Gasteiger partial charge in [-0.2, -0.15) is 0 Å². The second-order valence-electron chi connectivity index (χ2n) is 8.18. The highest BCUT2D eigenvalue weighted by atomic mass is 79.9. The number of esters is 1. The number of Topliss-reactive ketones (excluding diaryl/α,β-unsaturated/α-hetero) is 1. The van der Waals surface area contributed by atoms with E-state index in [1.54, 1.807) is 42.5 Å². The van der Waals surface area contributed by atoms with Crippen LogP contribution in [0.15, 0.2) is 64.5 Å². The third-order valence-electron chi connectivity index (χ3n) is 5.77. The largest absolute Gasteiger partial charge is 0.465 e. The number of carbonyl (C=O) groups is 2. The van der Waals surface area contributed by atoms with Crippen molar-refractivity contribution >= 4 is 56.4 Å². The number of rotatable bonds is 9. The van der Waals surface area contributed by atoms with Crippen LogP contribution in [0.25, 0.3) is 10.9 Å². The van der Waals surface area contributed by atoms with Crippen LogP contribution in [0.3, 0.4) is 0 Å². The Morgan fingerprint density at radius 1 is 1.17 bits per heavy atom. The Balaban J connectivity index is 1.64. The highest BCUT2D eigenvalue weighted by Gasteiger charge is 2.39. The van der Waals surface area contributed by atoms with Crippen molar-refractivity contribution in [3.63, 3.8) is 0 Å². The highest BCUT2D eigenvalue weighted by molar-refractivity contribution is 9.09. The second-order valence-corrected chi connectivity index (χ2v) is 9.18. The van der Waals surface area contributed by atoms with Crippen molar-refractivity contribution in [3.8, 4) is 0 Å². The fraction of sp³-hybridized carbons (Fsp3) is 0.231. The monoisotopic (exact) mass is 558 g/mol. The van der Waals surface area contributed by atoms with Gasteiger partial charge in [-0.15, -0.1) is 0 Å². The maximum atomic E-state index is 14.8. The molecular weight excluding hydrogens is 539 g/mol. The van der Waals surface area contributed by atoms with E-state index in [0.717, 1.165) is 5.56 Å². The number of nitrogens with one attached hydrogen (secondary N) is 1. The van der Waals surface area contributed by atoms with Crippen molar-refractivity contribution in [1.29, 1.82) is 0 Å². The summed E-state index contributed by atoms with van der Waals surface area (Å²) in [6, 6.07) is 9.97. The molecule has 1 unspecified atom stereocenters. The van der Waals surface area contributed by atoms with Crippen LogP contribution < -0.4 is 5.43 Å². The van der Waals surface area contributed by atoms with E-state index < -0.39 is 22.6 Å². The molecular formula is C26H21BrClFN2O4. The zero-order valence-electron chi connectivity index (χ0n) is 18.5. The van der Waals surface area contributed by atoms with Crippen molar-refractivity contribution in [2.24, 2.45) is 4.99 Å². The Morgan fingerprint density at radius 2 is 1.94 bits per heavy atom. The molecule has 0 saturated heterocycles. The number of pyridine rings is 1. The van der Waals surface area contributed by atoms with Gasteiger partial charge >= 0.3 is 5.97 Å². The maximum Gasteiger partial charge on any atom is 0.316 e. The van der Waals surface area contributed by atoms with Crippen molar-refractivity contribution in [2.75, 3.05) is 11.9 Å². The van der Waals surface area contributed by atoms with E-state index >= 15 is 0 Å². The lowest BCUT2D eigenvalue weighted by molar-refractivity contribution is -0.140. The van der Waals surface area contributed by atoms with Crippen LogP contribution >= 0.6 is 27.5 Å². The van der Waals surface area contributed by atoms with Gasteiger partial charge in [-0.3, -0.25) is 19.4 Å². The Morgan fingerprint density at radius 3 is 2.63 bits per heavy atom. The molecule has 0 bridgehead atoms. The molecule has 3 aromatic rings. The Bertz CT molecular complexity index is 1390. The van der Waals surface area contributed by atoms with E-state index in [2.05, 4.69) is 25.9 Å². The van der Waals surface area contributed by atoms with Crippen LogP contribution in [0.4, 0.5) is 4.39 Å². The van der Waals surface area contributed by atoms with Crippen LogP contribution in [0.1, 0.15) is 27.9 Å². The van der Waals surface area contributed by atoms with Gasteiger partial charge < -0.3 is 9.72 Å². The lowest BCUT2D eigenvalue weighted by atomic mass is 9.84. The van der Waals surface area contributed by atoms with Crippen LogP contribution in [-0.4, -0.2) is 40.4 Å². The molecule has 9 heteroatoms. The van der Waals surface area contributed by atoms with Gasteiger partial charge in [-0.1, -0.05) is 39.7 Å². The number of ether oxygens (including phenoxy) is 1. The first-order valence-corrected chi connectivity index (χ1v) is 12.4. The Kier molecular flexibility index (Phi) is 7.62. The number of halogens is 3. The number of aryl methyl sites for hydroxylation is 1. The number of allylic oxidation sites excluding steroid dienone is 1. The molecule has 1 N–H and O–H groups in total. The van der Waals surface area contributed by atoms with Gasteiger partial charge in [-0.05, 0) is 60.4 Å². The molecule has 4 rings (SSSR count). The molecule has 6 nitrogen and oxygen atoms in total. The van der Waals surface area contributed by atoms with Gasteiger partial charge in [-0.25, -0.2) is 4.39 Å². The van der Waals surface area contributed by atoms with Gasteiger partial charge in [0.2, 0.25) is 0 Å². The molecule has 0 amide bonds. The van der Waals surface area contributed by atoms with Crippen LogP contribution in [-0.2, 0) is 22.4 Å². The number of nitrogens with zero attached hydrogens (tertiary/aromatic N) is 1. The van der Waals surface area contributed by atoms with Crippen LogP contribution in [0.2, 0.25) is 5.02 Å². The zero-order valence-corrected chi connectivity index (χ0v) is 20.9. The number of aromatic nitrogens is 1. The van der Waals surface area contributed by atoms with E-state index in [0.29, 0.717) is 23.4 Å². The van der Waals surface area contributed by atoms with Gasteiger partial charge in [0.05, 0.1) is 17.7 Å². The summed E-state index contributed by atoms with van der Waals surface area (Å²) in [6.07, 6.45) is 7.22. The molecule has 0 fully saturated rings. The number of benzene rings is 2. The number of carbonyl (C=O) groups excluding carboxylic acids is 2. The summed E-state index contributed by atoms with van der Waals surface area (Å²) < 4.78 is 19.8. The molecule has 1 aromatic heterocycles. The molecule has 35 heavy (non-hydrogen) atoms. The molecule has 2 heterocycles. The predicted molar refractivity (Wildman–Crippen MR) is 137 cm³/mol. The van der Waals surface area contributed by atoms with Crippen molar-refractivity contribution < 1.29 is 18.7 Å². The molecule has 0 spiro atoms. The third-order valence-corrected chi connectivity index (χ3v) is 6.48. The molecule has 2 aromatic carbocycles. The van der Waals surface area contributed by atoms with E-state index in [4.69, 9.17) is 16.3 Å². The summed E-state index contributed by atoms with van der Waals surface area (Å²) in [6.45, 7) is 0.177. The number of aliphatic imine (C=N–C) groups is 1. The lowest BCUT2D eigenvalue weighted by Crippen LogP contribution is -2.38. The fourth-order valence-electron chi connectivity index (χ4n) is 4.04. The summed E-state index contributed by atoms with van der Waals surface area (Å²) in [5.74, 6) is -1.46. The standard InChI is InChI=1S/C26H21BrClFN2O4/c27-14-22(32)35-10-1-3-17-11-19-23(21(29)12-17)30-15-20(24(19)33)25(34)26(8-2-9-31-26)13-16-4-6-18(28)7-5-16/h2,4-9,11-12,15H,1,3,10,13-14H2,(H,30,33). The second kappa shape index (κ2) is 10.7. The third kappa shape index (κ3) is 5.44. The SMILES string of the molecule is O=C(CBr)OCCCc1cc(F)c2[nH]cc(C(=O)C3(Cc4ccc(Cl)cc4)C=CC=N3)c(=O)c2c1. The van der Waals surface area contributed by atoms with Gasteiger partial charge in [0.1, 0.15) is 16.7 Å². The fourth-order valence-corrected chi connectivity index (χ4v) is 4.33. The number of ketones is 1. The zero-order chi connectivity index (χ0) is 25.0. The molecule has 1 aliphatic heterocycles. The predicted octanol–water partition coefficient (Wildman–Crippen LogP) is 5.00. The lowest BCUT2D eigenvalue weighted by Gasteiger charge is -2.23. The topological polar surface area (TPSA) is 88.6 Å². The van der Waals surface area contributed by atoms with Crippen molar-refractivity contribution in [2.45, 2.75) is 24.8 Å². The normalized spacial score (nSPS) is 16.7. The molecule has 1 aliphatic rings. The van der Waals surface area contributed by atoms with Crippen LogP contribution in [0.5, 0.6) is 0 Å². The summed E-state index contributed by atoms with van der Waals surface area (Å²) >= 11 is 8.99. The Hall–Kier alpha value is -3.10. The number of hydrogen-bond donors (Lipinski definition) is 1. The first kappa shape index (κ1) is 25.0. The van der Waals surface area contributed by atoms with E-state index in [1.807, 2.05) is 0 Å². The minimum Gasteiger partial charge on any atom is -0.465 e. The molecule has 0 radical (unpaired) electrons. The summed E-state index contributed by atoms with van der Waals surface area (Å²) in [7, 11) is 0. The summed E-state index contributed by atoms with van der Waals surface area (Å²) in [4.78, 5) is 45.4. The first-order valence-electron chi connectivity index (χ1n) is 10.9. The number of fused-ring (bicyclic) bond motifs is 1. The van der Waals surface area contributed by atoms with Crippen LogP contribution in [0, 0.1) is 5.82 Å². The number of hydrogen-bond acceptors (Lipinski definition) is 5. The van der Waals surface area contributed by atoms with E-state index in [1.165, 1.54) is 18.5 Å². The van der Waals surface area contributed by atoms with Crippen molar-refractivity contribution in [3.05, 3.63) is 92.5 Å². The number of alkyl halides is 1. The molecule has 180 valence electrons. The maximum absolute atomic E-state index is 14.8.